The van der Waals surface area contributed by atoms with Crippen molar-refractivity contribution in [1.29, 1.82) is 0 Å². The summed E-state index contributed by atoms with van der Waals surface area (Å²) in [5.74, 6) is 0.815. The van der Waals surface area contributed by atoms with E-state index < -0.39 is 0 Å². The van der Waals surface area contributed by atoms with Gasteiger partial charge in [-0.2, -0.15) is 0 Å². The quantitative estimate of drug-likeness (QED) is 0.801. The number of methoxy groups -OCH3 is 1. The van der Waals surface area contributed by atoms with E-state index in [1.54, 1.807) is 37.1 Å². The van der Waals surface area contributed by atoms with Crippen molar-refractivity contribution < 1.29 is 14.3 Å². The first-order chi connectivity index (χ1) is 12.5. The Bertz CT molecular complexity index is 814. The molecule has 0 aromatic heterocycles. The number of benzene rings is 2. The van der Waals surface area contributed by atoms with Crippen molar-refractivity contribution in [2.75, 3.05) is 26.1 Å². The van der Waals surface area contributed by atoms with Gasteiger partial charge in [0.25, 0.3) is 5.91 Å². The van der Waals surface area contributed by atoms with E-state index in [2.05, 4.69) is 0 Å². The first-order valence-corrected chi connectivity index (χ1v) is 8.77. The minimum atomic E-state index is -0.123. The van der Waals surface area contributed by atoms with Gasteiger partial charge < -0.3 is 14.5 Å². The summed E-state index contributed by atoms with van der Waals surface area (Å²) in [5.41, 5.74) is 2.12. The number of ether oxygens (including phenoxy) is 1. The molecule has 0 bridgehead atoms. The molecule has 5 heteroatoms. The Morgan fingerprint density at radius 2 is 1.69 bits per heavy atom. The molecule has 0 radical (unpaired) electrons. The highest BCUT2D eigenvalue weighted by atomic mass is 16.5. The highest BCUT2D eigenvalue weighted by molar-refractivity contribution is 6.05. The number of hydrogen-bond acceptors (Lipinski definition) is 3. The molecule has 5 nitrogen and oxygen atoms in total. The van der Waals surface area contributed by atoms with Crippen LogP contribution in [0.15, 0.2) is 48.5 Å². The van der Waals surface area contributed by atoms with Crippen molar-refractivity contribution in [2.24, 2.45) is 5.92 Å². The third-order valence-corrected chi connectivity index (χ3v) is 4.70. The Morgan fingerprint density at radius 1 is 1.04 bits per heavy atom. The van der Waals surface area contributed by atoms with E-state index in [1.165, 1.54) is 0 Å². The Hall–Kier alpha value is -2.82. The predicted octanol–water partition coefficient (Wildman–Crippen LogP) is 3.34. The van der Waals surface area contributed by atoms with E-state index in [-0.39, 0.29) is 17.7 Å². The predicted molar refractivity (Wildman–Crippen MR) is 101 cm³/mol. The molecule has 0 heterocycles. The van der Waals surface area contributed by atoms with E-state index in [9.17, 15) is 9.59 Å². The highest BCUT2D eigenvalue weighted by Gasteiger charge is 2.33. The summed E-state index contributed by atoms with van der Waals surface area (Å²) < 4.78 is 5.37. The second-order valence-corrected chi connectivity index (χ2v) is 6.66. The minimum Gasteiger partial charge on any atom is -0.496 e. The number of anilines is 1. The van der Waals surface area contributed by atoms with E-state index in [0.29, 0.717) is 17.8 Å². The van der Waals surface area contributed by atoms with Crippen LogP contribution in [-0.4, -0.2) is 37.9 Å². The molecule has 0 aliphatic heterocycles. The van der Waals surface area contributed by atoms with Crippen LogP contribution in [0.5, 0.6) is 5.75 Å². The minimum absolute atomic E-state index is 0.0811. The van der Waals surface area contributed by atoms with E-state index in [1.807, 2.05) is 42.5 Å². The second-order valence-electron chi connectivity index (χ2n) is 6.66. The van der Waals surface area contributed by atoms with Gasteiger partial charge in [-0.15, -0.1) is 0 Å². The third-order valence-electron chi connectivity index (χ3n) is 4.70. The first-order valence-electron chi connectivity index (χ1n) is 8.77. The van der Waals surface area contributed by atoms with Crippen molar-refractivity contribution in [3.63, 3.8) is 0 Å². The van der Waals surface area contributed by atoms with Crippen LogP contribution in [0.1, 0.15) is 28.8 Å². The smallest absolute Gasteiger partial charge is 0.256 e. The molecule has 0 N–H and O–H groups in total. The molecule has 2 amide bonds. The zero-order chi connectivity index (χ0) is 18.7. The molecule has 0 spiro atoms. The summed E-state index contributed by atoms with van der Waals surface area (Å²) in [4.78, 5) is 28.7. The molecule has 3 rings (SSSR count). The Labute approximate surface area is 154 Å². The Balaban J connectivity index is 1.82. The number of carbonyl (C=O) groups is 2. The lowest BCUT2D eigenvalue weighted by molar-refractivity contribution is -0.119. The molecule has 2 aromatic carbocycles. The fourth-order valence-electron chi connectivity index (χ4n) is 3.04. The van der Waals surface area contributed by atoms with Crippen LogP contribution in [0, 0.1) is 5.92 Å². The zero-order valence-electron chi connectivity index (χ0n) is 15.4. The third kappa shape index (κ3) is 3.72. The van der Waals surface area contributed by atoms with E-state index in [0.717, 1.165) is 24.2 Å². The van der Waals surface area contributed by atoms with Crippen LogP contribution in [0.25, 0.3) is 0 Å². The highest BCUT2D eigenvalue weighted by Crippen LogP contribution is 2.33. The van der Waals surface area contributed by atoms with Crippen molar-refractivity contribution in [2.45, 2.75) is 19.4 Å². The average Bonchev–Trinajstić information content (AvgIpc) is 3.52. The summed E-state index contributed by atoms with van der Waals surface area (Å²) in [6.07, 6.45) is 1.87. The van der Waals surface area contributed by atoms with Crippen LogP contribution in [-0.2, 0) is 11.3 Å². The van der Waals surface area contributed by atoms with Crippen LogP contribution >= 0.6 is 0 Å². The van der Waals surface area contributed by atoms with Crippen LogP contribution < -0.4 is 9.64 Å². The van der Waals surface area contributed by atoms with Crippen molar-refractivity contribution in [1.82, 2.24) is 4.90 Å². The molecule has 1 fully saturated rings. The molecular formula is C21H24N2O3. The van der Waals surface area contributed by atoms with Gasteiger partial charge in [0, 0.05) is 32.1 Å². The van der Waals surface area contributed by atoms with Crippen LogP contribution in [0.4, 0.5) is 5.69 Å². The normalized spacial score (nSPS) is 13.2. The molecule has 2 aromatic rings. The average molecular weight is 352 g/mol. The maximum Gasteiger partial charge on any atom is 0.256 e. The number of carbonyl (C=O) groups excluding carboxylic acids is 2. The molecule has 1 aliphatic rings. The second kappa shape index (κ2) is 7.60. The number of amides is 2. The molecule has 0 atom stereocenters. The summed E-state index contributed by atoms with van der Waals surface area (Å²) in [6.45, 7) is 0.428. The lowest BCUT2D eigenvalue weighted by atomic mass is 10.1. The first kappa shape index (κ1) is 18.0. The zero-order valence-corrected chi connectivity index (χ0v) is 15.4. The van der Waals surface area contributed by atoms with Gasteiger partial charge in [-0.3, -0.25) is 9.59 Å². The van der Waals surface area contributed by atoms with Gasteiger partial charge in [0.15, 0.2) is 0 Å². The fraction of sp³-hybridized carbons (Fsp3) is 0.333. The Morgan fingerprint density at radius 3 is 2.38 bits per heavy atom. The molecule has 26 heavy (non-hydrogen) atoms. The summed E-state index contributed by atoms with van der Waals surface area (Å²) in [7, 11) is 5.12. The van der Waals surface area contributed by atoms with Gasteiger partial charge in [-0.1, -0.05) is 30.3 Å². The molecule has 0 saturated heterocycles. The Kier molecular flexibility index (Phi) is 5.26. The van der Waals surface area contributed by atoms with Crippen molar-refractivity contribution in [3.05, 3.63) is 59.7 Å². The van der Waals surface area contributed by atoms with Gasteiger partial charge in [0.1, 0.15) is 5.75 Å². The van der Waals surface area contributed by atoms with Gasteiger partial charge in [0.2, 0.25) is 5.91 Å². The molecule has 0 unspecified atom stereocenters. The van der Waals surface area contributed by atoms with Crippen LogP contribution in [0.3, 0.4) is 0 Å². The topological polar surface area (TPSA) is 49.9 Å². The lowest BCUT2D eigenvalue weighted by Gasteiger charge is -2.24. The lowest BCUT2D eigenvalue weighted by Crippen LogP contribution is -2.32. The maximum atomic E-state index is 13.0. The SMILES string of the molecule is COc1ccccc1CN(C)C(=O)c1ccccc1N(C)C(=O)C1CC1. The summed E-state index contributed by atoms with van der Waals surface area (Å²) in [5, 5.41) is 0. The van der Waals surface area contributed by atoms with E-state index in [4.69, 9.17) is 4.74 Å². The van der Waals surface area contributed by atoms with Crippen LogP contribution in [0.2, 0.25) is 0 Å². The maximum absolute atomic E-state index is 13.0. The largest absolute Gasteiger partial charge is 0.496 e. The molecule has 1 aliphatic carbocycles. The molecule has 1 saturated carbocycles. The molecule has 136 valence electrons. The standard InChI is InChI=1S/C21H24N2O3/c1-22(14-16-8-4-7-11-19(16)26-3)21(25)17-9-5-6-10-18(17)23(2)20(24)15-12-13-15/h4-11,15H,12-14H2,1-3H3. The molecular weight excluding hydrogens is 328 g/mol. The van der Waals surface area contributed by atoms with Gasteiger partial charge in [-0.25, -0.2) is 0 Å². The fourth-order valence-corrected chi connectivity index (χ4v) is 3.04. The van der Waals surface area contributed by atoms with Gasteiger partial charge in [-0.05, 0) is 31.0 Å². The van der Waals surface area contributed by atoms with Gasteiger partial charge in [0.05, 0.1) is 18.4 Å². The van der Waals surface area contributed by atoms with Gasteiger partial charge >= 0.3 is 0 Å². The number of hydrogen-bond donors (Lipinski definition) is 0. The van der Waals surface area contributed by atoms with Crippen molar-refractivity contribution in [3.8, 4) is 5.75 Å². The van der Waals surface area contributed by atoms with Crippen molar-refractivity contribution >= 4 is 17.5 Å². The van der Waals surface area contributed by atoms with E-state index >= 15 is 0 Å². The summed E-state index contributed by atoms with van der Waals surface area (Å²) >= 11 is 0. The number of nitrogens with zero attached hydrogens (tertiary/aromatic N) is 2. The number of rotatable bonds is 6. The number of para-hydroxylation sites is 2. The summed E-state index contributed by atoms with van der Waals surface area (Å²) in [6, 6.07) is 14.9. The monoisotopic (exact) mass is 352 g/mol.